The summed E-state index contributed by atoms with van der Waals surface area (Å²) in [6, 6.07) is 0. The Hall–Kier alpha value is -1.01. The average Bonchev–Trinajstić information content (AvgIpc) is 2.18. The highest BCUT2D eigenvalue weighted by Gasteiger charge is 2.09. The Morgan fingerprint density at radius 2 is 2.07 bits per heavy atom. The Morgan fingerprint density at radius 3 is 2.60 bits per heavy atom. The molecule has 3 heteroatoms. The number of esters is 1. The Labute approximate surface area is 92.8 Å². The molecule has 0 saturated carbocycles. The molecular formula is C12H21NO2. The normalized spacial score (nSPS) is 9.60. The highest BCUT2D eigenvalue weighted by molar-refractivity contribution is 5.71. The van der Waals surface area contributed by atoms with Gasteiger partial charge in [-0.2, -0.15) is 0 Å². The SMILES string of the molecule is CC#CCCN(CCC)CC(=O)OCC. The second-order valence-electron chi connectivity index (χ2n) is 3.26. The van der Waals surface area contributed by atoms with Crippen LogP contribution in [0.4, 0.5) is 0 Å². The quantitative estimate of drug-likeness (QED) is 0.474. The van der Waals surface area contributed by atoms with Gasteiger partial charge in [-0.25, -0.2) is 0 Å². The van der Waals surface area contributed by atoms with Crippen molar-refractivity contribution in [2.24, 2.45) is 0 Å². The van der Waals surface area contributed by atoms with E-state index in [9.17, 15) is 4.79 Å². The van der Waals surface area contributed by atoms with Gasteiger partial charge in [0.15, 0.2) is 0 Å². The number of nitrogens with zero attached hydrogens (tertiary/aromatic N) is 1. The summed E-state index contributed by atoms with van der Waals surface area (Å²) in [5.41, 5.74) is 0. The van der Waals surface area contributed by atoms with Crippen LogP contribution in [0, 0.1) is 11.8 Å². The van der Waals surface area contributed by atoms with Gasteiger partial charge in [-0.15, -0.1) is 11.8 Å². The first-order valence-corrected chi connectivity index (χ1v) is 5.52. The van der Waals surface area contributed by atoms with Gasteiger partial charge >= 0.3 is 5.97 Å². The summed E-state index contributed by atoms with van der Waals surface area (Å²) in [4.78, 5) is 13.3. The Bertz CT molecular complexity index is 228. The average molecular weight is 211 g/mol. The van der Waals surface area contributed by atoms with Gasteiger partial charge in [0.1, 0.15) is 0 Å². The van der Waals surface area contributed by atoms with E-state index in [-0.39, 0.29) is 5.97 Å². The zero-order valence-corrected chi connectivity index (χ0v) is 10.0. The Morgan fingerprint density at radius 1 is 1.33 bits per heavy atom. The number of carbonyl (C=O) groups is 1. The van der Waals surface area contributed by atoms with Crippen molar-refractivity contribution in [2.45, 2.75) is 33.6 Å². The van der Waals surface area contributed by atoms with Crippen LogP contribution in [0.3, 0.4) is 0 Å². The van der Waals surface area contributed by atoms with E-state index in [4.69, 9.17) is 4.74 Å². The van der Waals surface area contributed by atoms with Gasteiger partial charge in [-0.1, -0.05) is 6.92 Å². The van der Waals surface area contributed by atoms with Gasteiger partial charge in [0, 0.05) is 13.0 Å². The lowest BCUT2D eigenvalue weighted by atomic mass is 10.3. The van der Waals surface area contributed by atoms with Crippen LogP contribution in [0.2, 0.25) is 0 Å². The monoisotopic (exact) mass is 211 g/mol. The second kappa shape index (κ2) is 9.54. The molecule has 0 aromatic heterocycles. The Balaban J connectivity index is 3.89. The number of ether oxygens (including phenoxy) is 1. The molecular weight excluding hydrogens is 190 g/mol. The molecule has 0 aliphatic carbocycles. The molecule has 15 heavy (non-hydrogen) atoms. The third-order valence-corrected chi connectivity index (χ3v) is 1.93. The fourth-order valence-corrected chi connectivity index (χ4v) is 1.31. The smallest absolute Gasteiger partial charge is 0.320 e. The minimum absolute atomic E-state index is 0.143. The molecule has 86 valence electrons. The first kappa shape index (κ1) is 14.0. The number of hydrogen-bond donors (Lipinski definition) is 0. The van der Waals surface area contributed by atoms with Crippen molar-refractivity contribution in [3.8, 4) is 11.8 Å². The van der Waals surface area contributed by atoms with Crippen LogP contribution in [-0.4, -0.2) is 37.1 Å². The highest BCUT2D eigenvalue weighted by Crippen LogP contribution is 1.95. The number of carbonyl (C=O) groups excluding carboxylic acids is 1. The summed E-state index contributed by atoms with van der Waals surface area (Å²) >= 11 is 0. The van der Waals surface area contributed by atoms with Crippen LogP contribution in [0.15, 0.2) is 0 Å². The van der Waals surface area contributed by atoms with Crippen molar-refractivity contribution in [2.75, 3.05) is 26.2 Å². The van der Waals surface area contributed by atoms with Crippen molar-refractivity contribution in [3.05, 3.63) is 0 Å². The lowest BCUT2D eigenvalue weighted by molar-refractivity contribution is -0.144. The largest absolute Gasteiger partial charge is 0.465 e. The minimum Gasteiger partial charge on any atom is -0.465 e. The van der Waals surface area contributed by atoms with Crippen LogP contribution >= 0.6 is 0 Å². The van der Waals surface area contributed by atoms with E-state index in [0.717, 1.165) is 25.9 Å². The molecule has 0 spiro atoms. The fraction of sp³-hybridized carbons (Fsp3) is 0.750. The molecule has 0 fully saturated rings. The summed E-state index contributed by atoms with van der Waals surface area (Å²) in [6.45, 7) is 8.35. The molecule has 0 rings (SSSR count). The van der Waals surface area contributed by atoms with Gasteiger partial charge in [0.05, 0.1) is 13.2 Å². The van der Waals surface area contributed by atoms with Gasteiger partial charge in [-0.3, -0.25) is 9.69 Å². The predicted octanol–water partition coefficient (Wildman–Crippen LogP) is 1.67. The first-order chi connectivity index (χ1) is 7.24. The molecule has 0 aromatic rings. The standard InChI is InChI=1S/C12H21NO2/c1-4-7-8-10-13(9-5-2)11-12(14)15-6-3/h5-6,8-11H2,1-3H3. The van der Waals surface area contributed by atoms with Crippen LogP contribution in [0.5, 0.6) is 0 Å². The molecule has 0 N–H and O–H groups in total. The van der Waals surface area contributed by atoms with Crippen LogP contribution < -0.4 is 0 Å². The van der Waals surface area contributed by atoms with Gasteiger partial charge in [0.2, 0.25) is 0 Å². The molecule has 0 atom stereocenters. The maximum atomic E-state index is 11.3. The number of rotatable bonds is 7. The maximum Gasteiger partial charge on any atom is 0.320 e. The van der Waals surface area contributed by atoms with E-state index in [1.165, 1.54) is 0 Å². The predicted molar refractivity (Wildman–Crippen MR) is 61.4 cm³/mol. The van der Waals surface area contributed by atoms with Gasteiger partial charge in [0.25, 0.3) is 0 Å². The molecule has 0 aromatic carbocycles. The van der Waals surface area contributed by atoms with Crippen LogP contribution in [0.25, 0.3) is 0 Å². The third-order valence-electron chi connectivity index (χ3n) is 1.93. The van der Waals surface area contributed by atoms with Crippen molar-refractivity contribution < 1.29 is 9.53 Å². The minimum atomic E-state index is -0.143. The zero-order valence-electron chi connectivity index (χ0n) is 10.0. The first-order valence-electron chi connectivity index (χ1n) is 5.52. The van der Waals surface area contributed by atoms with Crippen molar-refractivity contribution >= 4 is 5.97 Å². The second-order valence-corrected chi connectivity index (χ2v) is 3.26. The van der Waals surface area contributed by atoms with E-state index in [0.29, 0.717) is 13.2 Å². The molecule has 0 radical (unpaired) electrons. The van der Waals surface area contributed by atoms with Gasteiger partial charge < -0.3 is 4.74 Å². The molecule has 0 bridgehead atoms. The molecule has 0 amide bonds. The van der Waals surface area contributed by atoms with E-state index in [1.807, 2.05) is 13.8 Å². The van der Waals surface area contributed by atoms with Crippen molar-refractivity contribution in [1.82, 2.24) is 4.90 Å². The summed E-state index contributed by atoms with van der Waals surface area (Å²) in [6.07, 6.45) is 1.86. The summed E-state index contributed by atoms with van der Waals surface area (Å²) < 4.78 is 4.91. The van der Waals surface area contributed by atoms with Crippen molar-refractivity contribution in [1.29, 1.82) is 0 Å². The molecule has 0 saturated heterocycles. The van der Waals surface area contributed by atoms with E-state index in [2.05, 4.69) is 23.7 Å². The third kappa shape index (κ3) is 8.02. The molecule has 0 heterocycles. The van der Waals surface area contributed by atoms with E-state index < -0.39 is 0 Å². The van der Waals surface area contributed by atoms with Crippen LogP contribution in [0.1, 0.15) is 33.6 Å². The summed E-state index contributed by atoms with van der Waals surface area (Å²) in [5.74, 6) is 5.71. The Kier molecular flexibility index (Phi) is 8.90. The molecule has 0 aliphatic heterocycles. The van der Waals surface area contributed by atoms with Gasteiger partial charge in [-0.05, 0) is 26.8 Å². The highest BCUT2D eigenvalue weighted by atomic mass is 16.5. The summed E-state index contributed by atoms with van der Waals surface area (Å²) in [7, 11) is 0. The summed E-state index contributed by atoms with van der Waals surface area (Å²) in [5, 5.41) is 0. The van der Waals surface area contributed by atoms with Crippen LogP contribution in [-0.2, 0) is 9.53 Å². The fourth-order valence-electron chi connectivity index (χ4n) is 1.31. The topological polar surface area (TPSA) is 29.5 Å². The van der Waals surface area contributed by atoms with Crippen molar-refractivity contribution in [3.63, 3.8) is 0 Å². The molecule has 3 nitrogen and oxygen atoms in total. The van der Waals surface area contributed by atoms with E-state index >= 15 is 0 Å². The molecule has 0 unspecified atom stereocenters. The lowest BCUT2D eigenvalue weighted by Gasteiger charge is -2.19. The van der Waals surface area contributed by atoms with E-state index in [1.54, 1.807) is 0 Å². The lowest BCUT2D eigenvalue weighted by Crippen LogP contribution is -2.32. The molecule has 0 aliphatic rings. The number of hydrogen-bond acceptors (Lipinski definition) is 3. The maximum absolute atomic E-state index is 11.3. The zero-order chi connectivity index (χ0) is 11.5.